The molecule has 4 rings (SSSR count). The molecule has 1 aromatic rings. The molecule has 4 amide bonds. The van der Waals surface area contributed by atoms with Crippen molar-refractivity contribution in [3.05, 3.63) is 34.9 Å². The molecule has 3 aliphatic heterocycles. The van der Waals surface area contributed by atoms with E-state index in [2.05, 4.69) is 10.2 Å². The summed E-state index contributed by atoms with van der Waals surface area (Å²) in [6.07, 6.45) is 0.650. The van der Waals surface area contributed by atoms with E-state index in [0.29, 0.717) is 43.5 Å². The third-order valence-corrected chi connectivity index (χ3v) is 6.19. The first-order chi connectivity index (χ1) is 13.9. The number of imide groups is 1. The Morgan fingerprint density at radius 2 is 1.97 bits per heavy atom. The van der Waals surface area contributed by atoms with E-state index >= 15 is 0 Å². The van der Waals surface area contributed by atoms with E-state index in [1.54, 1.807) is 13.1 Å². The molecule has 3 N–H and O–H groups in total. The average molecular weight is 419 g/mol. The lowest BCUT2D eigenvalue weighted by atomic mass is 9.96. The Labute approximate surface area is 173 Å². The third-order valence-electron chi connectivity index (χ3n) is 5.82. The number of piperidine rings is 1. The largest absolute Gasteiger partial charge is 0.369 e. The third kappa shape index (κ3) is 3.50. The molecule has 0 saturated carbocycles. The van der Waals surface area contributed by atoms with Gasteiger partial charge in [0.2, 0.25) is 5.91 Å². The molecule has 0 bridgehead atoms. The maximum atomic E-state index is 12.7. The smallest absolute Gasteiger partial charge is 0.325 e. The van der Waals surface area contributed by atoms with Crippen molar-refractivity contribution >= 4 is 35.4 Å². The summed E-state index contributed by atoms with van der Waals surface area (Å²) in [5.74, 6) is -0.181. The molecule has 3 heterocycles. The van der Waals surface area contributed by atoms with E-state index in [4.69, 9.17) is 22.3 Å². The Morgan fingerprint density at radius 3 is 2.62 bits per heavy atom. The quantitative estimate of drug-likeness (QED) is 0.746. The van der Waals surface area contributed by atoms with Crippen LogP contribution in [0.4, 0.5) is 4.79 Å². The molecule has 3 aliphatic rings. The van der Waals surface area contributed by atoms with Gasteiger partial charge in [-0.15, -0.1) is 0 Å². The van der Waals surface area contributed by atoms with Crippen LogP contribution in [0.1, 0.15) is 18.4 Å². The van der Waals surface area contributed by atoms with Crippen molar-refractivity contribution in [3.8, 4) is 0 Å². The Hall–Kier alpha value is -2.81. The first kappa shape index (κ1) is 19.5. The van der Waals surface area contributed by atoms with Crippen LogP contribution < -0.4 is 11.1 Å². The van der Waals surface area contributed by atoms with E-state index in [1.165, 1.54) is 4.90 Å². The molecule has 9 nitrogen and oxygen atoms in total. The highest BCUT2D eigenvalue weighted by Crippen LogP contribution is 2.30. The van der Waals surface area contributed by atoms with Gasteiger partial charge < -0.3 is 20.4 Å². The second-order valence-corrected chi connectivity index (χ2v) is 7.98. The van der Waals surface area contributed by atoms with Gasteiger partial charge in [-0.3, -0.25) is 14.9 Å². The Kier molecular flexibility index (Phi) is 5.08. The van der Waals surface area contributed by atoms with Crippen LogP contribution in [-0.2, 0) is 16.1 Å². The number of carbonyl (C=O) groups excluding carboxylic acids is 3. The minimum Gasteiger partial charge on any atom is -0.369 e. The molecule has 154 valence electrons. The van der Waals surface area contributed by atoms with E-state index in [-0.39, 0.29) is 17.7 Å². The summed E-state index contributed by atoms with van der Waals surface area (Å²) in [7, 11) is 1.62. The first-order valence-electron chi connectivity index (χ1n) is 9.56. The zero-order valence-electron chi connectivity index (χ0n) is 16.0. The van der Waals surface area contributed by atoms with E-state index in [9.17, 15) is 14.4 Å². The second-order valence-electron chi connectivity index (χ2n) is 7.58. The standard InChI is InChI=1S/C19H23ClN6O3/c1-24-16-14(17(28)23-19(24)29)26(10-12-4-2-3-5-13(12)20)18(22-16)25-8-6-11(7-9-25)15(21)27/h2-5,11,14,16H,6-10H2,1H3,(H2,21,27)(H,23,28,29). The van der Waals surface area contributed by atoms with Gasteiger partial charge >= 0.3 is 6.03 Å². The second kappa shape index (κ2) is 7.55. The van der Waals surface area contributed by atoms with E-state index in [1.807, 2.05) is 23.1 Å². The number of aliphatic imine (C=N–C) groups is 1. The number of amides is 4. The first-order valence-corrected chi connectivity index (χ1v) is 9.94. The van der Waals surface area contributed by atoms with Gasteiger partial charge in [-0.05, 0) is 24.5 Å². The number of benzene rings is 1. The molecular formula is C19H23ClN6O3. The number of fused-ring (bicyclic) bond motifs is 1. The van der Waals surface area contributed by atoms with Crippen molar-refractivity contribution in [2.45, 2.75) is 31.6 Å². The van der Waals surface area contributed by atoms with Crippen molar-refractivity contribution in [1.29, 1.82) is 0 Å². The highest BCUT2D eigenvalue weighted by atomic mass is 35.5. The van der Waals surface area contributed by atoms with Crippen LogP contribution in [0.5, 0.6) is 0 Å². The summed E-state index contributed by atoms with van der Waals surface area (Å²) in [5.41, 5.74) is 6.31. The maximum absolute atomic E-state index is 12.7. The zero-order valence-corrected chi connectivity index (χ0v) is 16.8. The highest BCUT2D eigenvalue weighted by Gasteiger charge is 2.50. The van der Waals surface area contributed by atoms with Crippen molar-refractivity contribution in [3.63, 3.8) is 0 Å². The fourth-order valence-electron chi connectivity index (χ4n) is 4.12. The molecule has 2 atom stereocenters. The lowest BCUT2D eigenvalue weighted by Gasteiger charge is -2.39. The van der Waals surface area contributed by atoms with Crippen LogP contribution in [-0.4, -0.2) is 70.8 Å². The van der Waals surface area contributed by atoms with Crippen LogP contribution in [0.2, 0.25) is 5.02 Å². The molecule has 10 heteroatoms. The lowest BCUT2D eigenvalue weighted by molar-refractivity contribution is -0.127. The molecule has 0 radical (unpaired) electrons. The van der Waals surface area contributed by atoms with Crippen molar-refractivity contribution in [2.24, 2.45) is 16.6 Å². The molecule has 0 aromatic heterocycles. The fourth-order valence-corrected chi connectivity index (χ4v) is 4.31. The predicted octanol–water partition coefficient (Wildman–Crippen LogP) is 0.585. The van der Waals surface area contributed by atoms with Gasteiger partial charge in [0, 0.05) is 37.6 Å². The number of nitrogens with one attached hydrogen (secondary N) is 1. The van der Waals surface area contributed by atoms with Crippen LogP contribution in [0.15, 0.2) is 29.3 Å². The fraction of sp³-hybridized carbons (Fsp3) is 0.474. The van der Waals surface area contributed by atoms with Crippen LogP contribution in [0, 0.1) is 5.92 Å². The number of nitrogens with two attached hydrogens (primary N) is 1. The summed E-state index contributed by atoms with van der Waals surface area (Å²) in [6.45, 7) is 1.58. The van der Waals surface area contributed by atoms with E-state index < -0.39 is 18.2 Å². The number of primary amides is 1. The number of likely N-dealkylation sites (tertiary alicyclic amines) is 1. The minimum absolute atomic E-state index is 0.153. The molecular weight excluding hydrogens is 396 g/mol. The molecule has 29 heavy (non-hydrogen) atoms. The average Bonchev–Trinajstić information content (AvgIpc) is 3.08. The van der Waals surface area contributed by atoms with Gasteiger partial charge in [0.1, 0.15) is 0 Å². The van der Waals surface area contributed by atoms with Gasteiger partial charge in [-0.2, -0.15) is 0 Å². The number of likely N-dealkylation sites (N-methyl/N-ethyl adjacent to an activating group) is 1. The number of hydrogen-bond donors (Lipinski definition) is 2. The molecule has 2 saturated heterocycles. The van der Waals surface area contributed by atoms with Gasteiger partial charge in [-0.25, -0.2) is 9.79 Å². The number of hydrogen-bond acceptors (Lipinski definition) is 6. The maximum Gasteiger partial charge on any atom is 0.325 e. The molecule has 2 fully saturated rings. The molecule has 2 unspecified atom stereocenters. The van der Waals surface area contributed by atoms with Crippen molar-refractivity contribution in [1.82, 2.24) is 20.0 Å². The van der Waals surface area contributed by atoms with Gasteiger partial charge in [0.05, 0.1) is 0 Å². The Balaban J connectivity index is 1.64. The normalized spacial score (nSPS) is 25.0. The van der Waals surface area contributed by atoms with Crippen LogP contribution in [0.25, 0.3) is 0 Å². The summed E-state index contributed by atoms with van der Waals surface area (Å²) in [6, 6.07) is 6.34. The number of rotatable bonds is 3. The number of urea groups is 1. The summed E-state index contributed by atoms with van der Waals surface area (Å²) in [4.78, 5) is 46.4. The molecule has 1 aromatic carbocycles. The topological polar surface area (TPSA) is 111 Å². The Bertz CT molecular complexity index is 882. The Morgan fingerprint density at radius 1 is 1.28 bits per heavy atom. The lowest BCUT2D eigenvalue weighted by Crippen LogP contribution is -2.64. The number of carbonyl (C=O) groups is 3. The van der Waals surface area contributed by atoms with Crippen molar-refractivity contribution in [2.75, 3.05) is 20.1 Å². The van der Waals surface area contributed by atoms with Gasteiger partial charge in [0.15, 0.2) is 18.2 Å². The van der Waals surface area contributed by atoms with Crippen LogP contribution >= 0.6 is 11.6 Å². The monoisotopic (exact) mass is 418 g/mol. The number of halogens is 1. The van der Waals surface area contributed by atoms with Crippen molar-refractivity contribution < 1.29 is 14.4 Å². The summed E-state index contributed by atoms with van der Waals surface area (Å²) >= 11 is 6.36. The molecule has 0 spiro atoms. The predicted molar refractivity (Wildman–Crippen MR) is 107 cm³/mol. The number of guanidine groups is 1. The highest BCUT2D eigenvalue weighted by molar-refractivity contribution is 6.31. The van der Waals surface area contributed by atoms with E-state index in [0.717, 1.165) is 5.56 Å². The summed E-state index contributed by atoms with van der Waals surface area (Å²) in [5, 5.41) is 3.00. The SMILES string of the molecule is CN1C(=O)NC(=O)C2C1N=C(N1CCC(C(N)=O)CC1)N2Cc1ccccc1Cl. The van der Waals surface area contributed by atoms with Gasteiger partial charge in [-0.1, -0.05) is 29.8 Å². The number of nitrogens with zero attached hydrogens (tertiary/aromatic N) is 4. The minimum atomic E-state index is -0.641. The van der Waals surface area contributed by atoms with Gasteiger partial charge in [0.25, 0.3) is 5.91 Å². The molecule has 0 aliphatic carbocycles. The zero-order chi connectivity index (χ0) is 20.7. The van der Waals surface area contributed by atoms with Crippen LogP contribution in [0.3, 0.4) is 0 Å². The summed E-state index contributed by atoms with van der Waals surface area (Å²) < 4.78 is 0.